The largest absolute Gasteiger partial charge is 0.387 e. The third-order valence-electron chi connectivity index (χ3n) is 0.679. The highest BCUT2D eigenvalue weighted by Crippen LogP contribution is 1.92. The number of hydrogen-bond acceptors (Lipinski definition) is 1. The third-order valence-corrected chi connectivity index (χ3v) is 0.679. The topological polar surface area (TPSA) is 38.4 Å². The summed E-state index contributed by atoms with van der Waals surface area (Å²) < 4.78 is 0. The van der Waals surface area contributed by atoms with Gasteiger partial charge in [-0.2, -0.15) is 0 Å². The predicted molar refractivity (Wildman–Crippen MR) is 41.3 cm³/mol. The van der Waals surface area contributed by atoms with Crippen LogP contribution in [0, 0.1) is 0 Å². The number of aliphatic imine (C=N–C) groups is 1. The second-order valence-electron chi connectivity index (χ2n) is 1.74. The van der Waals surface area contributed by atoms with Gasteiger partial charge in [0.1, 0.15) is 0 Å². The first-order valence-corrected chi connectivity index (χ1v) is 2.79. The fourth-order valence-corrected chi connectivity index (χ4v) is 0.456. The molecule has 0 aromatic carbocycles. The molecule has 9 heavy (non-hydrogen) atoms. The highest BCUT2D eigenvalue weighted by Gasteiger charge is 1.79. The van der Waals surface area contributed by atoms with Crippen molar-refractivity contribution in [2.45, 2.75) is 13.8 Å². The Hall–Kier alpha value is -1.05. The lowest BCUT2D eigenvalue weighted by Gasteiger charge is -1.89. The molecule has 0 heterocycles. The normalized spacial score (nSPS) is 12.4. The number of amidine groups is 1. The fourth-order valence-electron chi connectivity index (χ4n) is 0.456. The van der Waals surface area contributed by atoms with Crippen molar-refractivity contribution < 1.29 is 0 Å². The molecule has 0 radical (unpaired) electrons. The first kappa shape index (κ1) is 7.95. The predicted octanol–water partition coefficient (Wildman–Crippen LogP) is 1.45. The van der Waals surface area contributed by atoms with Crippen LogP contribution >= 0.6 is 0 Å². The molecule has 2 N–H and O–H groups in total. The van der Waals surface area contributed by atoms with E-state index in [-0.39, 0.29) is 0 Å². The summed E-state index contributed by atoms with van der Waals surface area (Å²) in [5.41, 5.74) is 5.97. The molecule has 0 bridgehead atoms. The third kappa shape index (κ3) is 4.81. The summed E-state index contributed by atoms with van der Waals surface area (Å²) in [4.78, 5) is 3.88. The molecule has 0 fully saturated rings. The molecule has 50 valence electrons. The molecule has 0 atom stereocenters. The highest BCUT2D eigenvalue weighted by molar-refractivity contribution is 5.78. The Morgan fingerprint density at radius 2 is 2.22 bits per heavy atom. The molecule has 0 rings (SSSR count). The standard InChI is InChI=1S/C7H12N2/c1-4-5-6(2)9-7(3)8/h4-5H,2H2,1,3H3,(H2,8,9)/b5-4-. The Balaban J connectivity index is 3.93. The summed E-state index contributed by atoms with van der Waals surface area (Å²) in [7, 11) is 0. The monoisotopic (exact) mass is 124 g/mol. The van der Waals surface area contributed by atoms with Gasteiger partial charge in [-0.3, -0.25) is 0 Å². The maximum atomic E-state index is 5.28. The van der Waals surface area contributed by atoms with Crippen molar-refractivity contribution in [1.29, 1.82) is 0 Å². The van der Waals surface area contributed by atoms with E-state index in [1.807, 2.05) is 13.0 Å². The van der Waals surface area contributed by atoms with Crippen LogP contribution in [0.4, 0.5) is 0 Å². The van der Waals surface area contributed by atoms with Crippen LogP contribution in [0.5, 0.6) is 0 Å². The zero-order chi connectivity index (χ0) is 7.28. The lowest BCUT2D eigenvalue weighted by atomic mass is 10.4. The minimum atomic E-state index is 0.540. The molecule has 0 saturated carbocycles. The zero-order valence-corrected chi connectivity index (χ0v) is 5.89. The van der Waals surface area contributed by atoms with E-state index in [0.29, 0.717) is 11.5 Å². The van der Waals surface area contributed by atoms with E-state index in [1.54, 1.807) is 13.0 Å². The maximum absolute atomic E-state index is 5.28. The van der Waals surface area contributed by atoms with Gasteiger partial charge in [-0.15, -0.1) is 0 Å². The molecular formula is C7H12N2. The van der Waals surface area contributed by atoms with Crippen molar-refractivity contribution in [1.82, 2.24) is 0 Å². The fraction of sp³-hybridized carbons (Fsp3) is 0.286. The molecule has 0 aliphatic heterocycles. The SMILES string of the molecule is C=C(/C=C\C)N=C(C)N. The minimum absolute atomic E-state index is 0.540. The van der Waals surface area contributed by atoms with E-state index in [9.17, 15) is 0 Å². The van der Waals surface area contributed by atoms with Gasteiger partial charge in [0, 0.05) is 0 Å². The quantitative estimate of drug-likeness (QED) is 0.338. The maximum Gasteiger partial charge on any atom is 0.0964 e. The van der Waals surface area contributed by atoms with Crippen molar-refractivity contribution >= 4 is 5.84 Å². The van der Waals surface area contributed by atoms with Crippen LogP contribution in [0.1, 0.15) is 13.8 Å². The first-order valence-electron chi connectivity index (χ1n) is 2.79. The lowest BCUT2D eigenvalue weighted by molar-refractivity contribution is 1.37. The minimum Gasteiger partial charge on any atom is -0.387 e. The van der Waals surface area contributed by atoms with Gasteiger partial charge < -0.3 is 5.73 Å². The van der Waals surface area contributed by atoms with E-state index in [2.05, 4.69) is 11.6 Å². The van der Waals surface area contributed by atoms with Gasteiger partial charge in [0.15, 0.2) is 0 Å². The van der Waals surface area contributed by atoms with E-state index < -0.39 is 0 Å². The summed E-state index contributed by atoms with van der Waals surface area (Å²) in [6.45, 7) is 7.27. The molecular weight excluding hydrogens is 112 g/mol. The van der Waals surface area contributed by atoms with Gasteiger partial charge in [-0.1, -0.05) is 12.7 Å². The van der Waals surface area contributed by atoms with Crippen molar-refractivity contribution in [3.05, 3.63) is 24.4 Å². The number of allylic oxidation sites excluding steroid dienone is 2. The molecule has 2 heteroatoms. The van der Waals surface area contributed by atoms with Crippen LogP contribution in [0.2, 0.25) is 0 Å². The molecule has 0 aromatic rings. The van der Waals surface area contributed by atoms with Crippen molar-refractivity contribution in [3.63, 3.8) is 0 Å². The summed E-state index contributed by atoms with van der Waals surface area (Å²) in [6.07, 6.45) is 3.67. The molecule has 0 aromatic heterocycles. The van der Waals surface area contributed by atoms with E-state index in [1.165, 1.54) is 0 Å². The van der Waals surface area contributed by atoms with E-state index in [0.717, 1.165) is 0 Å². The smallest absolute Gasteiger partial charge is 0.0964 e. The molecule has 2 nitrogen and oxygen atoms in total. The first-order chi connectivity index (χ1) is 4.16. The van der Waals surface area contributed by atoms with Gasteiger partial charge >= 0.3 is 0 Å². The Labute approximate surface area is 55.8 Å². The van der Waals surface area contributed by atoms with Gasteiger partial charge in [-0.05, 0) is 19.9 Å². The van der Waals surface area contributed by atoms with E-state index >= 15 is 0 Å². The Morgan fingerprint density at radius 1 is 1.67 bits per heavy atom. The van der Waals surface area contributed by atoms with Gasteiger partial charge in [0.25, 0.3) is 0 Å². The highest BCUT2D eigenvalue weighted by atomic mass is 14.8. The number of hydrogen-bond donors (Lipinski definition) is 1. The summed E-state index contributed by atoms with van der Waals surface area (Å²) in [5, 5.41) is 0. The average Bonchev–Trinajstić information content (AvgIpc) is 1.63. The van der Waals surface area contributed by atoms with Crippen LogP contribution in [-0.4, -0.2) is 5.84 Å². The van der Waals surface area contributed by atoms with Crippen molar-refractivity contribution in [3.8, 4) is 0 Å². The number of rotatable bonds is 2. The van der Waals surface area contributed by atoms with Crippen LogP contribution in [-0.2, 0) is 0 Å². The summed E-state index contributed by atoms with van der Waals surface area (Å²) in [6, 6.07) is 0. The summed E-state index contributed by atoms with van der Waals surface area (Å²) >= 11 is 0. The van der Waals surface area contributed by atoms with Crippen LogP contribution < -0.4 is 5.73 Å². The van der Waals surface area contributed by atoms with E-state index in [4.69, 9.17) is 5.73 Å². The zero-order valence-electron chi connectivity index (χ0n) is 5.89. The Kier molecular flexibility index (Phi) is 3.44. The summed E-state index contributed by atoms with van der Waals surface area (Å²) in [5.74, 6) is 0.540. The molecule has 0 spiro atoms. The Bertz CT molecular complexity index is 150. The van der Waals surface area contributed by atoms with Crippen LogP contribution in [0.25, 0.3) is 0 Å². The molecule has 0 aliphatic rings. The lowest BCUT2D eigenvalue weighted by Crippen LogP contribution is -2.04. The van der Waals surface area contributed by atoms with Crippen molar-refractivity contribution in [2.24, 2.45) is 10.7 Å². The van der Waals surface area contributed by atoms with Gasteiger partial charge in [-0.25, -0.2) is 4.99 Å². The second-order valence-corrected chi connectivity index (χ2v) is 1.74. The average molecular weight is 124 g/mol. The second kappa shape index (κ2) is 3.89. The number of nitrogens with two attached hydrogens (primary N) is 1. The molecule has 0 amide bonds. The van der Waals surface area contributed by atoms with Gasteiger partial charge in [0.05, 0.1) is 11.5 Å². The van der Waals surface area contributed by atoms with Gasteiger partial charge in [0.2, 0.25) is 0 Å². The molecule has 0 aliphatic carbocycles. The van der Waals surface area contributed by atoms with Crippen LogP contribution in [0.15, 0.2) is 29.4 Å². The molecule has 0 saturated heterocycles. The molecule has 0 unspecified atom stereocenters. The number of nitrogens with zero attached hydrogens (tertiary/aromatic N) is 1. The van der Waals surface area contributed by atoms with Crippen molar-refractivity contribution in [2.75, 3.05) is 0 Å². The van der Waals surface area contributed by atoms with Crippen LogP contribution in [0.3, 0.4) is 0 Å². The Morgan fingerprint density at radius 3 is 2.56 bits per heavy atom.